The molecule has 2 heterocycles. The molecule has 11 heavy (non-hydrogen) atoms. The van der Waals surface area contributed by atoms with Gasteiger partial charge in [0.1, 0.15) is 0 Å². The molecule has 3 nitrogen and oxygen atoms in total. The van der Waals surface area contributed by atoms with E-state index in [2.05, 4.69) is 5.32 Å². The molecule has 0 aromatic heterocycles. The highest BCUT2D eigenvalue weighted by atomic mass is 16.3. The predicted octanol–water partition coefficient (Wildman–Crippen LogP) is -0.662. The molecule has 0 aromatic carbocycles. The molecule has 0 amide bonds. The lowest BCUT2D eigenvalue weighted by Gasteiger charge is -2.51. The third-order valence-corrected chi connectivity index (χ3v) is 3.17. The van der Waals surface area contributed by atoms with E-state index in [4.69, 9.17) is 10.2 Å². The highest BCUT2D eigenvalue weighted by molar-refractivity contribution is 5.00. The van der Waals surface area contributed by atoms with Gasteiger partial charge in [-0.25, -0.2) is 0 Å². The van der Waals surface area contributed by atoms with Crippen molar-refractivity contribution in [2.45, 2.75) is 24.9 Å². The van der Waals surface area contributed by atoms with E-state index in [0.717, 1.165) is 0 Å². The van der Waals surface area contributed by atoms with Crippen molar-refractivity contribution >= 4 is 0 Å². The molecule has 2 unspecified atom stereocenters. The molecule has 0 radical (unpaired) electrons. The van der Waals surface area contributed by atoms with Gasteiger partial charge in [0, 0.05) is 12.1 Å². The summed E-state index contributed by atoms with van der Waals surface area (Å²) in [6.45, 7) is 0.432. The van der Waals surface area contributed by atoms with Crippen molar-refractivity contribution in [2.75, 3.05) is 13.2 Å². The molecule has 64 valence electrons. The summed E-state index contributed by atoms with van der Waals surface area (Å²) in [6, 6.07) is 0.495. The Labute approximate surface area is 66.4 Å². The van der Waals surface area contributed by atoms with E-state index in [1.54, 1.807) is 0 Å². The van der Waals surface area contributed by atoms with Gasteiger partial charge in [-0.3, -0.25) is 0 Å². The zero-order valence-electron chi connectivity index (χ0n) is 6.53. The second kappa shape index (κ2) is 2.73. The average molecular weight is 157 g/mol. The topological polar surface area (TPSA) is 52.5 Å². The number of aliphatic hydroxyl groups is 2. The van der Waals surface area contributed by atoms with Crippen LogP contribution in [-0.2, 0) is 0 Å². The Balaban J connectivity index is 1.96. The van der Waals surface area contributed by atoms with Crippen molar-refractivity contribution < 1.29 is 10.2 Å². The number of hydrogen-bond donors (Lipinski definition) is 3. The SMILES string of the molecule is OCC1NC(CO)C2CC1C2. The third-order valence-electron chi connectivity index (χ3n) is 3.17. The Morgan fingerprint density at radius 2 is 1.45 bits per heavy atom. The summed E-state index contributed by atoms with van der Waals surface area (Å²) in [5.74, 6) is 1.35. The fourth-order valence-electron chi connectivity index (χ4n) is 2.32. The number of nitrogens with one attached hydrogen (secondary N) is 1. The Morgan fingerprint density at radius 3 is 1.82 bits per heavy atom. The van der Waals surface area contributed by atoms with Gasteiger partial charge in [0.25, 0.3) is 0 Å². The molecule has 0 aromatic rings. The van der Waals surface area contributed by atoms with Gasteiger partial charge < -0.3 is 15.5 Å². The average Bonchev–Trinajstić information content (AvgIpc) is 2.01. The lowest BCUT2D eigenvalue weighted by atomic mass is 9.64. The van der Waals surface area contributed by atoms with Crippen LogP contribution >= 0.6 is 0 Å². The van der Waals surface area contributed by atoms with Crippen LogP contribution in [0.2, 0.25) is 0 Å². The minimum atomic E-state index is 0.216. The Morgan fingerprint density at radius 1 is 1.00 bits per heavy atom. The molecule has 1 saturated carbocycles. The first-order valence-corrected chi connectivity index (χ1v) is 4.33. The molecule has 2 atom stereocenters. The smallest absolute Gasteiger partial charge is 0.0587 e. The standard InChI is InChI=1S/C8H15NO2/c10-3-7-5-1-6(2-5)8(4-11)9-7/h5-11H,1-4H2. The fourth-order valence-corrected chi connectivity index (χ4v) is 2.32. The molecule has 3 aliphatic rings. The first-order chi connectivity index (χ1) is 5.35. The summed E-state index contributed by atoms with van der Waals surface area (Å²) in [6.07, 6.45) is 2.40. The summed E-state index contributed by atoms with van der Waals surface area (Å²) < 4.78 is 0. The van der Waals surface area contributed by atoms with E-state index < -0.39 is 0 Å². The quantitative estimate of drug-likeness (QED) is 0.498. The number of aliphatic hydroxyl groups excluding tert-OH is 2. The van der Waals surface area contributed by atoms with E-state index in [9.17, 15) is 0 Å². The van der Waals surface area contributed by atoms with Gasteiger partial charge in [0.2, 0.25) is 0 Å². The second-order valence-electron chi connectivity index (χ2n) is 3.74. The van der Waals surface area contributed by atoms with Crippen molar-refractivity contribution in [2.24, 2.45) is 11.8 Å². The van der Waals surface area contributed by atoms with E-state index in [-0.39, 0.29) is 25.3 Å². The maximum Gasteiger partial charge on any atom is 0.0587 e. The van der Waals surface area contributed by atoms with Gasteiger partial charge in [0.15, 0.2) is 0 Å². The molecule has 0 spiro atoms. The van der Waals surface area contributed by atoms with Gasteiger partial charge in [-0.15, -0.1) is 0 Å². The number of rotatable bonds is 2. The lowest BCUT2D eigenvalue weighted by Crippen LogP contribution is -2.61. The summed E-state index contributed by atoms with van der Waals surface area (Å²) in [4.78, 5) is 0. The fraction of sp³-hybridized carbons (Fsp3) is 1.00. The molecule has 3 fully saturated rings. The monoisotopic (exact) mass is 157 g/mol. The lowest BCUT2D eigenvalue weighted by molar-refractivity contribution is -0.00634. The minimum absolute atomic E-state index is 0.216. The number of fused-ring (bicyclic) bond motifs is 2. The van der Waals surface area contributed by atoms with Crippen LogP contribution in [-0.4, -0.2) is 35.5 Å². The van der Waals surface area contributed by atoms with Gasteiger partial charge >= 0.3 is 0 Å². The molecule has 3 N–H and O–H groups in total. The van der Waals surface area contributed by atoms with Crippen molar-refractivity contribution in [1.82, 2.24) is 5.32 Å². The van der Waals surface area contributed by atoms with Crippen LogP contribution in [0.1, 0.15) is 12.8 Å². The maximum atomic E-state index is 8.96. The van der Waals surface area contributed by atoms with Crippen LogP contribution in [0.5, 0.6) is 0 Å². The zero-order chi connectivity index (χ0) is 7.84. The summed E-state index contributed by atoms with van der Waals surface area (Å²) >= 11 is 0. The number of hydrogen-bond acceptors (Lipinski definition) is 3. The van der Waals surface area contributed by atoms with E-state index in [1.165, 1.54) is 12.8 Å². The molecule has 1 aliphatic carbocycles. The second-order valence-corrected chi connectivity index (χ2v) is 3.74. The van der Waals surface area contributed by atoms with Gasteiger partial charge in [-0.1, -0.05) is 0 Å². The van der Waals surface area contributed by atoms with Gasteiger partial charge in [-0.05, 0) is 24.7 Å². The molecule has 3 heteroatoms. The highest BCUT2D eigenvalue weighted by Crippen LogP contribution is 2.42. The minimum Gasteiger partial charge on any atom is -0.395 e. The molecule has 3 rings (SSSR count). The maximum absolute atomic E-state index is 8.96. The van der Waals surface area contributed by atoms with Crippen LogP contribution < -0.4 is 5.32 Å². The normalized spacial score (nSPS) is 48.5. The first kappa shape index (κ1) is 7.53. The van der Waals surface area contributed by atoms with E-state index >= 15 is 0 Å². The zero-order valence-corrected chi connectivity index (χ0v) is 6.53. The Bertz CT molecular complexity index is 131. The molecule has 2 saturated heterocycles. The van der Waals surface area contributed by atoms with Crippen molar-refractivity contribution in [3.05, 3.63) is 0 Å². The van der Waals surface area contributed by atoms with Crippen LogP contribution in [0.15, 0.2) is 0 Å². The van der Waals surface area contributed by atoms with Crippen molar-refractivity contribution in [1.29, 1.82) is 0 Å². The highest BCUT2D eigenvalue weighted by Gasteiger charge is 2.44. The first-order valence-electron chi connectivity index (χ1n) is 4.33. The molecule has 2 bridgehead atoms. The van der Waals surface area contributed by atoms with Crippen LogP contribution in [0.4, 0.5) is 0 Å². The Hall–Kier alpha value is -0.120. The third kappa shape index (κ3) is 1.08. The van der Waals surface area contributed by atoms with Crippen molar-refractivity contribution in [3.8, 4) is 0 Å². The molecular formula is C8H15NO2. The van der Waals surface area contributed by atoms with Gasteiger partial charge in [-0.2, -0.15) is 0 Å². The summed E-state index contributed by atoms with van der Waals surface area (Å²) in [5.41, 5.74) is 0. The number of piperidine rings is 2. The van der Waals surface area contributed by atoms with Gasteiger partial charge in [0.05, 0.1) is 13.2 Å². The van der Waals surface area contributed by atoms with E-state index in [1.807, 2.05) is 0 Å². The molecular weight excluding hydrogens is 142 g/mol. The largest absolute Gasteiger partial charge is 0.395 e. The predicted molar refractivity (Wildman–Crippen MR) is 41.1 cm³/mol. The Kier molecular flexibility index (Phi) is 1.87. The molecule has 2 aliphatic heterocycles. The van der Waals surface area contributed by atoms with Crippen LogP contribution in [0.3, 0.4) is 0 Å². The van der Waals surface area contributed by atoms with Crippen LogP contribution in [0, 0.1) is 11.8 Å². The van der Waals surface area contributed by atoms with Crippen molar-refractivity contribution in [3.63, 3.8) is 0 Å². The summed E-state index contributed by atoms with van der Waals surface area (Å²) in [5, 5.41) is 21.2. The summed E-state index contributed by atoms with van der Waals surface area (Å²) in [7, 11) is 0. The van der Waals surface area contributed by atoms with Crippen LogP contribution in [0.25, 0.3) is 0 Å². The van der Waals surface area contributed by atoms with E-state index in [0.29, 0.717) is 11.8 Å².